The molecule has 0 bridgehead atoms. The lowest BCUT2D eigenvalue weighted by atomic mass is 9.96. The van der Waals surface area contributed by atoms with E-state index in [0.29, 0.717) is 0 Å². The van der Waals surface area contributed by atoms with Gasteiger partial charge in [-0.25, -0.2) is 0 Å². The van der Waals surface area contributed by atoms with Crippen molar-refractivity contribution in [3.8, 4) is 0 Å². The molecule has 2 aromatic carbocycles. The molecule has 4 aromatic rings. The van der Waals surface area contributed by atoms with Crippen molar-refractivity contribution in [1.82, 2.24) is 4.90 Å². The van der Waals surface area contributed by atoms with Gasteiger partial charge in [0.05, 0.1) is 0 Å². The van der Waals surface area contributed by atoms with Crippen molar-refractivity contribution in [2.24, 2.45) is 5.92 Å². The molecule has 1 aliphatic carbocycles. The summed E-state index contributed by atoms with van der Waals surface area (Å²) in [6, 6.07) is 18.0. The van der Waals surface area contributed by atoms with Crippen molar-refractivity contribution >= 4 is 42.8 Å². The first-order chi connectivity index (χ1) is 13.8. The largest absolute Gasteiger partial charge is 0.298 e. The van der Waals surface area contributed by atoms with Crippen LogP contribution in [0.1, 0.15) is 33.7 Å². The van der Waals surface area contributed by atoms with Gasteiger partial charge < -0.3 is 0 Å². The van der Waals surface area contributed by atoms with Crippen LogP contribution in [0.4, 0.5) is 0 Å². The molecule has 2 aromatic heterocycles. The van der Waals surface area contributed by atoms with Crippen molar-refractivity contribution in [1.29, 1.82) is 0 Å². The van der Waals surface area contributed by atoms with Gasteiger partial charge >= 0.3 is 0 Å². The highest BCUT2D eigenvalue weighted by atomic mass is 32.1. The molecule has 142 valence electrons. The van der Waals surface area contributed by atoms with E-state index in [4.69, 9.17) is 0 Å². The van der Waals surface area contributed by atoms with Gasteiger partial charge in [-0.3, -0.25) is 4.90 Å². The molecule has 2 aliphatic rings. The van der Waals surface area contributed by atoms with Gasteiger partial charge in [-0.05, 0) is 72.1 Å². The lowest BCUT2D eigenvalue weighted by molar-refractivity contribution is 0.206. The summed E-state index contributed by atoms with van der Waals surface area (Å²) in [6.07, 6.45) is 6.48. The van der Waals surface area contributed by atoms with Crippen LogP contribution in [0.15, 0.2) is 48.5 Å². The van der Waals surface area contributed by atoms with E-state index in [1.165, 1.54) is 65.4 Å². The first-order valence-electron chi connectivity index (χ1n) is 10.6. The Labute approximate surface area is 174 Å². The van der Waals surface area contributed by atoms with Crippen LogP contribution in [0.3, 0.4) is 0 Å². The van der Waals surface area contributed by atoms with Gasteiger partial charge in [-0.2, -0.15) is 0 Å². The Morgan fingerprint density at radius 1 is 0.750 bits per heavy atom. The molecule has 0 radical (unpaired) electrons. The number of fused-ring (bicyclic) bond motifs is 6. The third-order valence-corrected chi connectivity index (χ3v) is 9.18. The molecule has 6 rings (SSSR count). The average molecular weight is 404 g/mol. The summed E-state index contributed by atoms with van der Waals surface area (Å²) in [6.45, 7) is 3.67. The Hall–Kier alpha value is -1.68. The van der Waals surface area contributed by atoms with Crippen molar-refractivity contribution in [3.05, 3.63) is 69.4 Å². The number of hydrogen-bond acceptors (Lipinski definition) is 3. The zero-order valence-corrected chi connectivity index (χ0v) is 17.7. The Morgan fingerprint density at radius 3 is 2.18 bits per heavy atom. The Kier molecular flexibility index (Phi) is 4.29. The summed E-state index contributed by atoms with van der Waals surface area (Å²) >= 11 is 4.06. The molecule has 0 N–H and O–H groups in total. The Morgan fingerprint density at radius 2 is 1.39 bits per heavy atom. The zero-order chi connectivity index (χ0) is 18.5. The smallest absolute Gasteiger partial charge is 0.0349 e. The number of hydrogen-bond donors (Lipinski definition) is 0. The summed E-state index contributed by atoms with van der Waals surface area (Å²) in [5.74, 6) is 0.842. The van der Waals surface area contributed by atoms with E-state index in [2.05, 4.69) is 53.4 Å². The third-order valence-electron chi connectivity index (χ3n) is 6.71. The predicted octanol–water partition coefficient (Wildman–Crippen LogP) is 6.67. The van der Waals surface area contributed by atoms with Crippen LogP contribution in [0.5, 0.6) is 0 Å². The second-order valence-corrected chi connectivity index (χ2v) is 10.7. The predicted molar refractivity (Wildman–Crippen MR) is 123 cm³/mol. The Balaban J connectivity index is 1.17. The molecule has 1 nitrogen and oxygen atoms in total. The molecule has 3 heterocycles. The van der Waals surface area contributed by atoms with Crippen molar-refractivity contribution in [2.45, 2.75) is 38.6 Å². The summed E-state index contributed by atoms with van der Waals surface area (Å²) in [4.78, 5) is 6.01. The SMILES string of the molecule is c1ccc2c3c(sc2c1)CCC(CN1CCc2c(sc4ccccc24)C1)CC3. The van der Waals surface area contributed by atoms with Gasteiger partial charge in [0.1, 0.15) is 0 Å². The van der Waals surface area contributed by atoms with Crippen LogP contribution < -0.4 is 0 Å². The number of thiophene rings is 2. The molecule has 0 fully saturated rings. The topological polar surface area (TPSA) is 3.24 Å². The Bertz CT molecular complexity index is 1150. The molecule has 0 amide bonds. The second-order valence-electron chi connectivity index (χ2n) is 8.43. The fourth-order valence-electron chi connectivity index (χ4n) is 5.26. The minimum Gasteiger partial charge on any atom is -0.298 e. The van der Waals surface area contributed by atoms with E-state index in [1.807, 2.05) is 22.7 Å². The fraction of sp³-hybridized carbons (Fsp3) is 0.360. The number of nitrogens with zero attached hydrogens (tertiary/aromatic N) is 1. The minimum atomic E-state index is 0.842. The third kappa shape index (κ3) is 2.92. The standard InChI is InChI=1S/C25H25NS2/c1-3-7-22-18(5-1)20-11-9-17(10-12-24(20)27-22)15-26-14-13-21-19-6-2-4-8-23(19)28-25(21)16-26/h1-8,17H,9-16H2. The molecule has 1 unspecified atom stereocenters. The van der Waals surface area contributed by atoms with Crippen LogP contribution in [0.2, 0.25) is 0 Å². The molecular weight excluding hydrogens is 378 g/mol. The van der Waals surface area contributed by atoms with E-state index in [1.54, 1.807) is 20.9 Å². The summed E-state index contributed by atoms with van der Waals surface area (Å²) in [7, 11) is 0. The highest BCUT2D eigenvalue weighted by Gasteiger charge is 2.25. The molecule has 0 spiro atoms. The normalized spacial score (nSPS) is 20.2. The molecule has 1 atom stereocenters. The van der Waals surface area contributed by atoms with Crippen LogP contribution >= 0.6 is 22.7 Å². The van der Waals surface area contributed by atoms with Crippen molar-refractivity contribution in [3.63, 3.8) is 0 Å². The van der Waals surface area contributed by atoms with E-state index in [0.717, 1.165) is 12.5 Å². The van der Waals surface area contributed by atoms with Gasteiger partial charge in [0.2, 0.25) is 0 Å². The van der Waals surface area contributed by atoms with Gasteiger partial charge in [0, 0.05) is 38.8 Å². The quantitative estimate of drug-likeness (QED) is 0.338. The first-order valence-corrected chi connectivity index (χ1v) is 12.2. The first kappa shape index (κ1) is 17.2. The number of rotatable bonds is 2. The van der Waals surface area contributed by atoms with E-state index < -0.39 is 0 Å². The maximum absolute atomic E-state index is 2.74. The molecule has 1 aliphatic heterocycles. The van der Waals surface area contributed by atoms with Crippen molar-refractivity contribution < 1.29 is 0 Å². The van der Waals surface area contributed by atoms with Gasteiger partial charge in [-0.1, -0.05) is 36.4 Å². The summed E-state index contributed by atoms with van der Waals surface area (Å²) < 4.78 is 2.96. The van der Waals surface area contributed by atoms with E-state index in [9.17, 15) is 0 Å². The van der Waals surface area contributed by atoms with Crippen LogP contribution in [-0.2, 0) is 25.8 Å². The highest BCUT2D eigenvalue weighted by Crippen LogP contribution is 2.38. The van der Waals surface area contributed by atoms with Crippen LogP contribution in [-0.4, -0.2) is 18.0 Å². The summed E-state index contributed by atoms with van der Waals surface area (Å²) in [5, 5.41) is 3.03. The van der Waals surface area contributed by atoms with Gasteiger partial charge in [0.15, 0.2) is 0 Å². The lowest BCUT2D eigenvalue weighted by Crippen LogP contribution is -2.34. The monoisotopic (exact) mass is 403 g/mol. The fourth-order valence-corrected chi connectivity index (χ4v) is 7.82. The van der Waals surface area contributed by atoms with Crippen LogP contribution in [0, 0.1) is 5.92 Å². The number of aryl methyl sites for hydroxylation is 2. The highest BCUT2D eigenvalue weighted by molar-refractivity contribution is 7.19. The maximum atomic E-state index is 2.74. The van der Waals surface area contributed by atoms with Crippen LogP contribution in [0.25, 0.3) is 20.2 Å². The lowest BCUT2D eigenvalue weighted by Gasteiger charge is -2.30. The summed E-state index contributed by atoms with van der Waals surface area (Å²) in [5.41, 5.74) is 3.29. The number of benzene rings is 2. The molecule has 0 saturated carbocycles. The van der Waals surface area contributed by atoms with Gasteiger partial charge in [0.25, 0.3) is 0 Å². The van der Waals surface area contributed by atoms with Gasteiger partial charge in [-0.15, -0.1) is 22.7 Å². The van der Waals surface area contributed by atoms with Crippen molar-refractivity contribution in [2.75, 3.05) is 13.1 Å². The zero-order valence-electron chi connectivity index (χ0n) is 16.1. The molecule has 3 heteroatoms. The maximum Gasteiger partial charge on any atom is 0.0349 e. The average Bonchev–Trinajstić information content (AvgIpc) is 3.20. The van der Waals surface area contributed by atoms with E-state index in [-0.39, 0.29) is 0 Å². The second kappa shape index (κ2) is 6.98. The minimum absolute atomic E-state index is 0.842. The molecule has 0 saturated heterocycles. The molecular formula is C25H25NS2. The molecule has 28 heavy (non-hydrogen) atoms. The van der Waals surface area contributed by atoms with E-state index >= 15 is 0 Å².